The summed E-state index contributed by atoms with van der Waals surface area (Å²) < 4.78 is 0. The van der Waals surface area contributed by atoms with E-state index >= 15 is 0 Å². The maximum atomic E-state index is 2.37. The van der Waals surface area contributed by atoms with Crippen molar-refractivity contribution in [1.82, 2.24) is 0 Å². The summed E-state index contributed by atoms with van der Waals surface area (Å²) >= 11 is 0. The van der Waals surface area contributed by atoms with Gasteiger partial charge >= 0.3 is 0 Å². The molecule has 0 spiro atoms. The average Bonchev–Trinajstić information content (AvgIpc) is 2.65. The lowest BCUT2D eigenvalue weighted by molar-refractivity contribution is 0.591. The third kappa shape index (κ3) is 2.53. The standard InChI is InChI=1S/C26H23B/c1-26(2,3)20-14-18-5-4-17-8-12-22(16-6-10-21(27)11-7-16)23-13-9-19(15-20)24(18)25(17)23/h4-15H,27H2,1-3H3. The van der Waals surface area contributed by atoms with E-state index in [-0.39, 0.29) is 5.41 Å². The molecule has 5 aromatic carbocycles. The average molecular weight is 346 g/mol. The Morgan fingerprint density at radius 3 is 1.89 bits per heavy atom. The zero-order chi connectivity index (χ0) is 18.8. The van der Waals surface area contributed by atoms with E-state index in [1.165, 1.54) is 54.5 Å². The van der Waals surface area contributed by atoms with Crippen LogP contribution in [-0.4, -0.2) is 7.85 Å². The first-order valence-electron chi connectivity index (χ1n) is 9.71. The van der Waals surface area contributed by atoms with Crippen LogP contribution < -0.4 is 5.46 Å². The van der Waals surface area contributed by atoms with Crippen molar-refractivity contribution in [3.05, 3.63) is 78.4 Å². The third-order valence-corrected chi connectivity index (χ3v) is 5.83. The SMILES string of the molecule is Bc1ccc(-c2ccc3ccc4cc(C(C)(C)C)cc5ccc2c3c45)cc1. The van der Waals surface area contributed by atoms with Crippen LogP contribution in [0.2, 0.25) is 0 Å². The molecule has 0 heterocycles. The van der Waals surface area contributed by atoms with Crippen molar-refractivity contribution in [2.45, 2.75) is 26.2 Å². The fourth-order valence-electron chi connectivity index (χ4n) is 4.24. The molecule has 27 heavy (non-hydrogen) atoms. The van der Waals surface area contributed by atoms with Crippen LogP contribution in [0.15, 0.2) is 72.8 Å². The molecule has 1 heteroatoms. The van der Waals surface area contributed by atoms with Crippen molar-refractivity contribution >= 4 is 45.6 Å². The summed E-state index contributed by atoms with van der Waals surface area (Å²) in [5.74, 6) is 0. The van der Waals surface area contributed by atoms with E-state index in [0.29, 0.717) is 0 Å². The predicted octanol–water partition coefficient (Wildman–Crippen LogP) is 5.81. The summed E-state index contributed by atoms with van der Waals surface area (Å²) in [7, 11) is 2.14. The van der Waals surface area contributed by atoms with E-state index in [2.05, 4.69) is 101 Å². The van der Waals surface area contributed by atoms with E-state index < -0.39 is 0 Å². The molecule has 0 aliphatic carbocycles. The minimum absolute atomic E-state index is 0.150. The van der Waals surface area contributed by atoms with E-state index in [0.717, 1.165) is 0 Å². The van der Waals surface area contributed by atoms with Crippen molar-refractivity contribution < 1.29 is 0 Å². The first-order chi connectivity index (χ1) is 12.9. The second-order valence-electron chi connectivity index (χ2n) is 8.80. The van der Waals surface area contributed by atoms with Gasteiger partial charge in [0, 0.05) is 0 Å². The molecule has 0 N–H and O–H groups in total. The van der Waals surface area contributed by atoms with Crippen LogP contribution in [0.25, 0.3) is 43.4 Å². The van der Waals surface area contributed by atoms with Crippen LogP contribution in [0.5, 0.6) is 0 Å². The van der Waals surface area contributed by atoms with Crippen LogP contribution >= 0.6 is 0 Å². The van der Waals surface area contributed by atoms with Gasteiger partial charge in [0.05, 0.1) is 0 Å². The molecule has 130 valence electrons. The van der Waals surface area contributed by atoms with Crippen LogP contribution in [0.3, 0.4) is 0 Å². The first kappa shape index (κ1) is 16.4. The minimum Gasteiger partial charge on any atom is -0.0889 e. The largest absolute Gasteiger partial charge is 0.139 e. The molecular weight excluding hydrogens is 323 g/mol. The Bertz CT molecular complexity index is 1270. The zero-order valence-corrected chi connectivity index (χ0v) is 16.4. The molecule has 0 saturated heterocycles. The van der Waals surface area contributed by atoms with Gasteiger partial charge in [0.25, 0.3) is 0 Å². The molecule has 0 nitrogen and oxygen atoms in total. The fourth-order valence-corrected chi connectivity index (χ4v) is 4.24. The van der Waals surface area contributed by atoms with Gasteiger partial charge < -0.3 is 0 Å². The van der Waals surface area contributed by atoms with Gasteiger partial charge in [-0.15, -0.1) is 0 Å². The summed E-state index contributed by atoms with van der Waals surface area (Å²) in [4.78, 5) is 0. The Labute approximate surface area is 161 Å². The van der Waals surface area contributed by atoms with Gasteiger partial charge in [-0.1, -0.05) is 99.0 Å². The summed E-state index contributed by atoms with van der Waals surface area (Å²) in [6, 6.07) is 27.3. The van der Waals surface area contributed by atoms with Gasteiger partial charge in [-0.05, 0) is 54.4 Å². The number of hydrogen-bond acceptors (Lipinski definition) is 0. The van der Waals surface area contributed by atoms with Gasteiger partial charge in [0.15, 0.2) is 0 Å². The van der Waals surface area contributed by atoms with Crippen LogP contribution in [0.1, 0.15) is 26.3 Å². The van der Waals surface area contributed by atoms with E-state index in [4.69, 9.17) is 0 Å². The minimum atomic E-state index is 0.150. The first-order valence-corrected chi connectivity index (χ1v) is 9.71. The topological polar surface area (TPSA) is 0 Å². The second kappa shape index (κ2) is 5.60. The third-order valence-electron chi connectivity index (χ3n) is 5.83. The molecule has 0 aromatic heterocycles. The molecule has 0 fully saturated rings. The summed E-state index contributed by atoms with van der Waals surface area (Å²) in [5, 5.41) is 8.14. The van der Waals surface area contributed by atoms with Gasteiger partial charge in [-0.2, -0.15) is 0 Å². The molecule has 0 atom stereocenters. The Morgan fingerprint density at radius 1 is 0.630 bits per heavy atom. The highest BCUT2D eigenvalue weighted by atomic mass is 14.2. The number of hydrogen-bond donors (Lipinski definition) is 0. The smallest absolute Gasteiger partial charge is 0.0889 e. The molecule has 0 saturated carbocycles. The molecule has 5 aromatic rings. The van der Waals surface area contributed by atoms with Crippen LogP contribution in [0.4, 0.5) is 0 Å². The van der Waals surface area contributed by atoms with Crippen molar-refractivity contribution in [2.24, 2.45) is 0 Å². The summed E-state index contributed by atoms with van der Waals surface area (Å²) in [6.45, 7) is 6.86. The highest BCUT2D eigenvalue weighted by molar-refractivity contribution is 6.32. The lowest BCUT2D eigenvalue weighted by atomic mass is 9.82. The molecule has 0 radical (unpaired) electrons. The van der Waals surface area contributed by atoms with Gasteiger partial charge in [-0.3, -0.25) is 0 Å². The van der Waals surface area contributed by atoms with Crippen molar-refractivity contribution in [3.63, 3.8) is 0 Å². The van der Waals surface area contributed by atoms with E-state index in [1.54, 1.807) is 0 Å². The molecule has 5 rings (SSSR count). The van der Waals surface area contributed by atoms with E-state index in [9.17, 15) is 0 Å². The lowest BCUT2D eigenvalue weighted by Crippen LogP contribution is -2.10. The second-order valence-corrected chi connectivity index (χ2v) is 8.80. The molecule has 0 aliphatic rings. The van der Waals surface area contributed by atoms with Gasteiger partial charge in [0.1, 0.15) is 7.85 Å². The Kier molecular flexibility index (Phi) is 3.40. The van der Waals surface area contributed by atoms with Crippen LogP contribution in [-0.2, 0) is 5.41 Å². The molecule has 0 aliphatic heterocycles. The Hall–Kier alpha value is -2.80. The van der Waals surface area contributed by atoms with Crippen LogP contribution in [0, 0.1) is 0 Å². The highest BCUT2D eigenvalue weighted by Crippen LogP contribution is 2.40. The maximum absolute atomic E-state index is 2.37. The molecular formula is C26H23B. The predicted molar refractivity (Wildman–Crippen MR) is 122 cm³/mol. The van der Waals surface area contributed by atoms with Crippen molar-refractivity contribution in [1.29, 1.82) is 0 Å². The quantitative estimate of drug-likeness (QED) is 0.265. The molecule has 0 bridgehead atoms. The summed E-state index contributed by atoms with van der Waals surface area (Å²) in [6.07, 6.45) is 0. The highest BCUT2D eigenvalue weighted by Gasteiger charge is 2.17. The molecule has 0 unspecified atom stereocenters. The maximum Gasteiger partial charge on any atom is 0.139 e. The van der Waals surface area contributed by atoms with Gasteiger partial charge in [0.2, 0.25) is 0 Å². The monoisotopic (exact) mass is 346 g/mol. The van der Waals surface area contributed by atoms with E-state index in [1.807, 2.05) is 0 Å². The van der Waals surface area contributed by atoms with Crippen molar-refractivity contribution in [2.75, 3.05) is 0 Å². The fraction of sp³-hybridized carbons (Fsp3) is 0.154. The molecule has 0 amide bonds. The lowest BCUT2D eigenvalue weighted by Gasteiger charge is -2.22. The number of benzene rings is 5. The zero-order valence-electron chi connectivity index (χ0n) is 16.4. The van der Waals surface area contributed by atoms with Gasteiger partial charge in [-0.25, -0.2) is 0 Å². The Morgan fingerprint density at radius 2 is 1.22 bits per heavy atom. The summed E-state index contributed by atoms with van der Waals surface area (Å²) in [5.41, 5.74) is 5.45. The van der Waals surface area contributed by atoms with Crippen molar-refractivity contribution in [3.8, 4) is 11.1 Å². The normalized spacial score (nSPS) is 12.4. The Balaban J connectivity index is 1.89. The number of rotatable bonds is 1.